The zero-order valence-corrected chi connectivity index (χ0v) is 20.2. The first-order valence-corrected chi connectivity index (χ1v) is 11.4. The van der Waals surface area contributed by atoms with Crippen molar-refractivity contribution in [3.05, 3.63) is 47.9 Å². The van der Waals surface area contributed by atoms with Crippen molar-refractivity contribution in [1.82, 2.24) is 19.9 Å². The molecule has 1 aromatic carbocycles. The number of nitrogens with one attached hydrogen (secondary N) is 1. The number of hydrogen-bond donors (Lipinski definition) is 1. The van der Waals surface area contributed by atoms with Crippen LogP contribution in [0.5, 0.6) is 11.6 Å². The Morgan fingerprint density at radius 3 is 2.67 bits per heavy atom. The Balaban J connectivity index is 1.72. The number of ether oxygens (including phenoxy) is 3. The third kappa shape index (κ3) is 6.92. The fraction of sp³-hybridized carbons (Fsp3) is 0.480. The van der Waals surface area contributed by atoms with Gasteiger partial charge in [0.1, 0.15) is 23.8 Å². The summed E-state index contributed by atoms with van der Waals surface area (Å²) in [6.07, 6.45) is 3.01. The van der Waals surface area contributed by atoms with Gasteiger partial charge in [-0.25, -0.2) is 14.8 Å². The lowest BCUT2D eigenvalue weighted by atomic mass is 10.2. The lowest BCUT2D eigenvalue weighted by Gasteiger charge is -2.19. The average molecular weight is 455 g/mol. The first kappa shape index (κ1) is 24.5. The third-order valence-corrected chi connectivity index (χ3v) is 4.92. The minimum atomic E-state index is -0.500. The van der Waals surface area contributed by atoms with Crippen molar-refractivity contribution in [1.29, 1.82) is 0 Å². The van der Waals surface area contributed by atoms with Crippen LogP contribution in [0.15, 0.2) is 36.5 Å². The number of nitrogens with zero attached hydrogens (tertiary/aromatic N) is 3. The van der Waals surface area contributed by atoms with E-state index in [1.165, 1.54) is 0 Å². The van der Waals surface area contributed by atoms with Crippen LogP contribution >= 0.6 is 0 Å². The van der Waals surface area contributed by atoms with Gasteiger partial charge in [-0.15, -0.1) is 0 Å². The van der Waals surface area contributed by atoms with E-state index in [-0.39, 0.29) is 0 Å². The first-order valence-electron chi connectivity index (χ1n) is 11.4. The van der Waals surface area contributed by atoms with Crippen molar-refractivity contribution >= 4 is 17.1 Å². The molecule has 1 N–H and O–H groups in total. The molecule has 8 nitrogen and oxygen atoms in total. The van der Waals surface area contributed by atoms with E-state index in [9.17, 15) is 4.79 Å². The first-order chi connectivity index (χ1) is 15.8. The summed E-state index contributed by atoms with van der Waals surface area (Å²) in [5, 5.41) is 2.81. The van der Waals surface area contributed by atoms with Crippen LogP contribution < -0.4 is 10.1 Å². The summed E-state index contributed by atoms with van der Waals surface area (Å²) >= 11 is 0. The van der Waals surface area contributed by atoms with Crippen LogP contribution in [0.4, 0.5) is 4.79 Å². The summed E-state index contributed by atoms with van der Waals surface area (Å²) in [4.78, 5) is 21.1. The molecule has 0 unspecified atom stereocenters. The highest BCUT2D eigenvalue weighted by atomic mass is 16.6. The molecule has 0 fully saturated rings. The molecule has 3 aromatic rings. The highest BCUT2D eigenvalue weighted by Gasteiger charge is 2.17. The number of aryl methyl sites for hydroxylation is 2. The maximum Gasteiger partial charge on any atom is 0.407 e. The van der Waals surface area contributed by atoms with Crippen molar-refractivity contribution in [2.24, 2.45) is 0 Å². The summed E-state index contributed by atoms with van der Waals surface area (Å²) in [6, 6.07) is 9.78. The molecule has 3 rings (SSSR count). The lowest BCUT2D eigenvalue weighted by molar-refractivity contribution is 0.0527. The fourth-order valence-electron chi connectivity index (χ4n) is 3.38. The number of benzene rings is 1. The minimum Gasteiger partial charge on any atom is -0.444 e. The van der Waals surface area contributed by atoms with Crippen LogP contribution in [0.1, 0.15) is 51.9 Å². The molecular formula is C25H34N4O4. The van der Waals surface area contributed by atoms with Crippen LogP contribution in [0.3, 0.4) is 0 Å². The molecule has 1 amide bonds. The smallest absolute Gasteiger partial charge is 0.407 e. The Labute approximate surface area is 195 Å². The number of carbonyl (C=O) groups is 1. The quantitative estimate of drug-likeness (QED) is 0.414. The van der Waals surface area contributed by atoms with Gasteiger partial charge in [-0.2, -0.15) is 0 Å². The molecule has 8 heteroatoms. The number of aromatic nitrogens is 3. The molecule has 0 aliphatic carbocycles. The molecule has 2 aromatic heterocycles. The molecule has 0 radical (unpaired) electrons. The summed E-state index contributed by atoms with van der Waals surface area (Å²) in [5.74, 6) is 2.06. The maximum absolute atomic E-state index is 11.8. The normalized spacial score (nSPS) is 11.5. The van der Waals surface area contributed by atoms with Crippen LogP contribution in [-0.4, -0.2) is 39.4 Å². The topological polar surface area (TPSA) is 87.5 Å². The Hall–Kier alpha value is -3.13. The van der Waals surface area contributed by atoms with Crippen molar-refractivity contribution < 1.29 is 19.0 Å². The molecule has 0 atom stereocenters. The number of alkyl carbamates (subject to hydrolysis) is 1. The van der Waals surface area contributed by atoms with Crippen molar-refractivity contribution in [2.45, 2.75) is 66.2 Å². The highest BCUT2D eigenvalue weighted by Crippen LogP contribution is 2.30. The van der Waals surface area contributed by atoms with E-state index in [0.717, 1.165) is 42.0 Å². The Morgan fingerprint density at radius 2 is 1.94 bits per heavy atom. The van der Waals surface area contributed by atoms with Gasteiger partial charge in [0.15, 0.2) is 5.52 Å². The summed E-state index contributed by atoms with van der Waals surface area (Å²) in [6.45, 7) is 11.8. The van der Waals surface area contributed by atoms with Crippen LogP contribution in [0, 0.1) is 6.92 Å². The van der Waals surface area contributed by atoms with Crippen LogP contribution in [0.2, 0.25) is 0 Å². The molecule has 0 aliphatic heterocycles. The second-order valence-electron chi connectivity index (χ2n) is 8.80. The van der Waals surface area contributed by atoms with E-state index < -0.39 is 11.7 Å². The van der Waals surface area contributed by atoms with Gasteiger partial charge in [0, 0.05) is 25.9 Å². The molecule has 2 heterocycles. The average Bonchev–Trinajstić information content (AvgIpc) is 3.11. The lowest BCUT2D eigenvalue weighted by Crippen LogP contribution is -2.33. The predicted molar refractivity (Wildman–Crippen MR) is 128 cm³/mol. The molecule has 0 spiro atoms. The number of imidazole rings is 1. The van der Waals surface area contributed by atoms with E-state index in [1.54, 1.807) is 6.20 Å². The van der Waals surface area contributed by atoms with E-state index in [4.69, 9.17) is 19.2 Å². The van der Waals surface area contributed by atoms with Gasteiger partial charge in [-0.3, -0.25) is 0 Å². The zero-order chi connectivity index (χ0) is 23.8. The number of pyridine rings is 1. The van der Waals surface area contributed by atoms with Gasteiger partial charge in [0.2, 0.25) is 5.88 Å². The van der Waals surface area contributed by atoms with Gasteiger partial charge < -0.3 is 24.1 Å². The summed E-state index contributed by atoms with van der Waals surface area (Å²) in [7, 11) is 0. The minimum absolute atomic E-state index is 0.392. The molecule has 0 saturated carbocycles. The van der Waals surface area contributed by atoms with Crippen molar-refractivity contribution in [2.75, 3.05) is 13.2 Å². The number of carbonyl (C=O) groups excluding carboxylic acids is 1. The standard InChI is InChI=1S/C25H34N4O4/c1-6-31-17-21-28-22-19(13-15-26-23(22)32-20-12-8-7-11-18(20)2)29(21)16-10-9-14-27-24(30)33-25(3,4)5/h7-8,11-13,15H,6,9-10,14,16-17H2,1-5H3,(H,27,30). The number of amides is 1. The van der Waals surface area contributed by atoms with Crippen molar-refractivity contribution in [3.63, 3.8) is 0 Å². The Morgan fingerprint density at radius 1 is 1.15 bits per heavy atom. The molecular weight excluding hydrogens is 420 g/mol. The number of unbranched alkanes of at least 4 members (excludes halogenated alkanes) is 1. The predicted octanol–water partition coefficient (Wildman–Crippen LogP) is 5.37. The highest BCUT2D eigenvalue weighted by molar-refractivity contribution is 5.81. The number of rotatable bonds is 10. The fourth-order valence-corrected chi connectivity index (χ4v) is 3.38. The molecule has 33 heavy (non-hydrogen) atoms. The van der Waals surface area contributed by atoms with E-state index in [1.807, 2.05) is 65.0 Å². The molecule has 0 aliphatic rings. The zero-order valence-electron chi connectivity index (χ0n) is 20.2. The molecule has 178 valence electrons. The second kappa shape index (κ2) is 11.1. The van der Waals surface area contributed by atoms with Gasteiger partial charge in [-0.05, 0) is 65.2 Å². The number of hydrogen-bond acceptors (Lipinski definition) is 6. The summed E-state index contributed by atoms with van der Waals surface area (Å²) in [5.41, 5.74) is 2.19. The largest absolute Gasteiger partial charge is 0.444 e. The van der Waals surface area contributed by atoms with Gasteiger partial charge in [0.05, 0.1) is 5.52 Å². The SMILES string of the molecule is CCOCc1nc2c(Oc3ccccc3C)nccc2n1CCCCNC(=O)OC(C)(C)C. The molecule has 0 saturated heterocycles. The Bertz CT molecular complexity index is 1070. The van der Waals surface area contributed by atoms with Gasteiger partial charge in [-0.1, -0.05) is 18.2 Å². The maximum atomic E-state index is 11.8. The monoisotopic (exact) mass is 454 g/mol. The van der Waals surface area contributed by atoms with Gasteiger partial charge >= 0.3 is 6.09 Å². The van der Waals surface area contributed by atoms with Crippen molar-refractivity contribution in [3.8, 4) is 11.6 Å². The van der Waals surface area contributed by atoms with E-state index in [2.05, 4.69) is 14.9 Å². The van der Waals surface area contributed by atoms with Gasteiger partial charge in [0.25, 0.3) is 0 Å². The number of fused-ring (bicyclic) bond motifs is 1. The van der Waals surface area contributed by atoms with E-state index in [0.29, 0.717) is 31.2 Å². The number of para-hydroxylation sites is 1. The molecule has 0 bridgehead atoms. The third-order valence-electron chi connectivity index (χ3n) is 4.92. The van der Waals surface area contributed by atoms with Crippen LogP contribution in [-0.2, 0) is 22.6 Å². The second-order valence-corrected chi connectivity index (χ2v) is 8.80. The van der Waals surface area contributed by atoms with Crippen LogP contribution in [0.25, 0.3) is 11.0 Å². The Kier molecular flexibility index (Phi) is 8.27. The summed E-state index contributed by atoms with van der Waals surface area (Å²) < 4.78 is 19.2. The van der Waals surface area contributed by atoms with E-state index >= 15 is 0 Å².